The molecule has 1 heterocycles. The Balaban J connectivity index is 1.81. The molecule has 1 aliphatic carbocycles. The van der Waals surface area contributed by atoms with Crippen molar-refractivity contribution in [2.45, 2.75) is 38.8 Å². The lowest BCUT2D eigenvalue weighted by Crippen LogP contribution is -2.31. The van der Waals surface area contributed by atoms with E-state index in [-0.39, 0.29) is 11.9 Å². The van der Waals surface area contributed by atoms with E-state index in [1.165, 1.54) is 11.1 Å². The molecule has 0 bridgehead atoms. The Kier molecular flexibility index (Phi) is 3.97. The molecule has 5 heteroatoms. The van der Waals surface area contributed by atoms with E-state index in [0.29, 0.717) is 17.3 Å². The molecule has 2 aromatic rings. The topological polar surface area (TPSA) is 46.9 Å². The molecule has 0 saturated heterocycles. The van der Waals surface area contributed by atoms with E-state index < -0.39 is 0 Å². The number of carbonyl (C=O) groups excluding carboxylic acids is 1. The molecule has 0 saturated carbocycles. The average Bonchev–Trinajstić information content (AvgIpc) is 2.89. The lowest BCUT2D eigenvalue weighted by molar-refractivity contribution is 0.0927. The van der Waals surface area contributed by atoms with Gasteiger partial charge in [0.25, 0.3) is 5.91 Å². The summed E-state index contributed by atoms with van der Waals surface area (Å²) in [7, 11) is 0. The summed E-state index contributed by atoms with van der Waals surface area (Å²) in [6.07, 6.45) is 4.80. The number of nitrogens with one attached hydrogen (secondary N) is 1. The lowest BCUT2D eigenvalue weighted by atomic mass is 9.88. The van der Waals surface area contributed by atoms with Crippen LogP contribution in [0.5, 0.6) is 0 Å². The molecule has 1 amide bonds. The van der Waals surface area contributed by atoms with Crippen LogP contribution in [0.15, 0.2) is 30.5 Å². The van der Waals surface area contributed by atoms with Crippen molar-refractivity contribution in [1.82, 2.24) is 15.1 Å². The quantitative estimate of drug-likeness (QED) is 0.945. The third kappa shape index (κ3) is 2.81. The molecule has 1 N–H and O–H groups in total. The van der Waals surface area contributed by atoms with Crippen molar-refractivity contribution in [3.05, 3.63) is 52.3 Å². The van der Waals surface area contributed by atoms with Crippen LogP contribution >= 0.6 is 11.6 Å². The van der Waals surface area contributed by atoms with Gasteiger partial charge in [0.05, 0.1) is 11.1 Å². The molecule has 0 radical (unpaired) electrons. The molecule has 0 spiro atoms. The number of amides is 1. The minimum Gasteiger partial charge on any atom is -0.344 e. The molecular formula is C16H18ClN3O. The van der Waals surface area contributed by atoms with Crippen LogP contribution < -0.4 is 5.32 Å². The molecule has 4 nitrogen and oxygen atoms in total. The molecular weight excluding hydrogens is 286 g/mol. The van der Waals surface area contributed by atoms with Gasteiger partial charge in [-0.1, -0.05) is 35.9 Å². The second-order valence-corrected chi connectivity index (χ2v) is 5.71. The summed E-state index contributed by atoms with van der Waals surface area (Å²) in [4.78, 5) is 12.4. The number of hydrogen-bond acceptors (Lipinski definition) is 2. The smallest absolute Gasteiger partial charge is 0.273 e. The van der Waals surface area contributed by atoms with Gasteiger partial charge in [-0.05, 0) is 37.3 Å². The van der Waals surface area contributed by atoms with Gasteiger partial charge in [-0.25, -0.2) is 0 Å². The predicted octanol–water partition coefficient (Wildman–Crippen LogP) is 3.36. The number of carbonyl (C=O) groups is 1. The summed E-state index contributed by atoms with van der Waals surface area (Å²) in [6, 6.07) is 8.33. The third-order valence-electron chi connectivity index (χ3n) is 3.93. The minimum atomic E-state index is -0.200. The van der Waals surface area contributed by atoms with Crippen molar-refractivity contribution < 1.29 is 4.79 Å². The Bertz CT molecular complexity index is 665. The summed E-state index contributed by atoms with van der Waals surface area (Å²) < 4.78 is 1.67. The number of halogens is 1. The molecule has 3 rings (SSSR count). The van der Waals surface area contributed by atoms with Crippen LogP contribution in [-0.2, 0) is 13.0 Å². The zero-order chi connectivity index (χ0) is 14.8. The molecule has 1 aliphatic rings. The fourth-order valence-electron chi connectivity index (χ4n) is 2.84. The Morgan fingerprint density at radius 3 is 3.05 bits per heavy atom. The van der Waals surface area contributed by atoms with Crippen molar-refractivity contribution in [2.24, 2.45) is 0 Å². The Labute approximate surface area is 129 Å². The first-order valence-corrected chi connectivity index (χ1v) is 7.68. The number of nitrogens with zero attached hydrogens (tertiary/aromatic N) is 2. The van der Waals surface area contributed by atoms with Crippen LogP contribution in [0.25, 0.3) is 0 Å². The van der Waals surface area contributed by atoms with Gasteiger partial charge < -0.3 is 5.32 Å². The minimum absolute atomic E-state index is 0.0466. The SMILES string of the molecule is CCn1cc(Cl)c(C(=O)N[C@H]2CCCc3ccccc32)n1. The van der Waals surface area contributed by atoms with E-state index in [0.717, 1.165) is 19.3 Å². The summed E-state index contributed by atoms with van der Waals surface area (Å²) in [5.41, 5.74) is 2.84. The molecule has 0 aliphatic heterocycles. The van der Waals surface area contributed by atoms with Gasteiger partial charge in [0.1, 0.15) is 0 Å². The van der Waals surface area contributed by atoms with E-state index in [2.05, 4.69) is 22.5 Å². The largest absolute Gasteiger partial charge is 0.344 e. The van der Waals surface area contributed by atoms with Gasteiger partial charge in [0, 0.05) is 12.7 Å². The van der Waals surface area contributed by atoms with Crippen LogP contribution in [0.2, 0.25) is 5.02 Å². The predicted molar refractivity (Wildman–Crippen MR) is 82.5 cm³/mol. The first-order chi connectivity index (χ1) is 10.2. The first kappa shape index (κ1) is 14.1. The van der Waals surface area contributed by atoms with Gasteiger partial charge in [0.2, 0.25) is 0 Å². The van der Waals surface area contributed by atoms with Gasteiger partial charge in [0.15, 0.2) is 5.69 Å². The van der Waals surface area contributed by atoms with Crippen molar-refractivity contribution in [3.8, 4) is 0 Å². The molecule has 1 aromatic heterocycles. The van der Waals surface area contributed by atoms with E-state index in [9.17, 15) is 4.79 Å². The van der Waals surface area contributed by atoms with Crippen molar-refractivity contribution >= 4 is 17.5 Å². The highest BCUT2D eigenvalue weighted by Crippen LogP contribution is 2.29. The van der Waals surface area contributed by atoms with Crippen molar-refractivity contribution in [1.29, 1.82) is 0 Å². The second kappa shape index (κ2) is 5.90. The van der Waals surface area contributed by atoms with Crippen molar-refractivity contribution in [2.75, 3.05) is 0 Å². The zero-order valence-electron chi connectivity index (χ0n) is 12.0. The number of benzene rings is 1. The maximum atomic E-state index is 12.4. The fourth-order valence-corrected chi connectivity index (χ4v) is 3.08. The second-order valence-electron chi connectivity index (χ2n) is 5.30. The fraction of sp³-hybridized carbons (Fsp3) is 0.375. The summed E-state index contributed by atoms with van der Waals surface area (Å²) in [5.74, 6) is -0.200. The highest BCUT2D eigenvalue weighted by molar-refractivity contribution is 6.33. The molecule has 1 aromatic carbocycles. The van der Waals surface area contributed by atoms with Crippen LogP contribution in [-0.4, -0.2) is 15.7 Å². The van der Waals surface area contributed by atoms with E-state index in [1.54, 1.807) is 10.9 Å². The van der Waals surface area contributed by atoms with Gasteiger partial charge in [-0.2, -0.15) is 5.10 Å². The van der Waals surface area contributed by atoms with Crippen LogP contribution in [0, 0.1) is 0 Å². The van der Waals surface area contributed by atoms with Gasteiger partial charge >= 0.3 is 0 Å². The normalized spacial score (nSPS) is 17.3. The first-order valence-electron chi connectivity index (χ1n) is 7.30. The molecule has 0 unspecified atom stereocenters. The zero-order valence-corrected chi connectivity index (χ0v) is 12.7. The van der Waals surface area contributed by atoms with Gasteiger partial charge in [-0.3, -0.25) is 9.48 Å². The number of aromatic nitrogens is 2. The Morgan fingerprint density at radius 1 is 1.48 bits per heavy atom. The van der Waals surface area contributed by atoms with E-state index in [1.807, 2.05) is 19.1 Å². The summed E-state index contributed by atoms with van der Waals surface area (Å²) >= 11 is 6.09. The standard InChI is InChI=1S/C16H18ClN3O/c1-2-20-10-13(17)15(19-20)16(21)18-14-9-5-7-11-6-3-4-8-12(11)14/h3-4,6,8,10,14H,2,5,7,9H2,1H3,(H,18,21)/t14-/m0/s1. The van der Waals surface area contributed by atoms with Crippen LogP contribution in [0.3, 0.4) is 0 Å². The van der Waals surface area contributed by atoms with E-state index in [4.69, 9.17) is 11.6 Å². The Morgan fingerprint density at radius 2 is 2.29 bits per heavy atom. The van der Waals surface area contributed by atoms with Crippen molar-refractivity contribution in [3.63, 3.8) is 0 Å². The molecule has 21 heavy (non-hydrogen) atoms. The highest BCUT2D eigenvalue weighted by atomic mass is 35.5. The van der Waals surface area contributed by atoms with E-state index >= 15 is 0 Å². The number of fused-ring (bicyclic) bond motifs is 1. The molecule has 110 valence electrons. The maximum absolute atomic E-state index is 12.4. The molecule has 1 atom stereocenters. The summed E-state index contributed by atoms with van der Waals surface area (Å²) in [5, 5.41) is 7.69. The molecule has 0 fully saturated rings. The highest BCUT2D eigenvalue weighted by Gasteiger charge is 2.24. The number of hydrogen-bond donors (Lipinski definition) is 1. The average molecular weight is 304 g/mol. The summed E-state index contributed by atoms with van der Waals surface area (Å²) in [6.45, 7) is 2.65. The third-order valence-corrected chi connectivity index (χ3v) is 4.21. The number of rotatable bonds is 3. The van der Waals surface area contributed by atoms with Crippen LogP contribution in [0.4, 0.5) is 0 Å². The maximum Gasteiger partial charge on any atom is 0.273 e. The lowest BCUT2D eigenvalue weighted by Gasteiger charge is -2.26. The van der Waals surface area contributed by atoms with Crippen LogP contribution in [0.1, 0.15) is 47.4 Å². The number of aryl methyl sites for hydroxylation is 2. The monoisotopic (exact) mass is 303 g/mol. The van der Waals surface area contributed by atoms with Gasteiger partial charge in [-0.15, -0.1) is 0 Å². The Hall–Kier alpha value is -1.81.